The highest BCUT2D eigenvalue weighted by Crippen LogP contribution is 2.36. The molecule has 1 atom stereocenters. The van der Waals surface area contributed by atoms with Crippen LogP contribution >= 0.6 is 7.82 Å². The first-order valence-corrected chi connectivity index (χ1v) is 18.4. The summed E-state index contributed by atoms with van der Waals surface area (Å²) in [6.45, 7) is 3.64. The minimum Gasteiger partial charge on any atom is -0.462 e. The Morgan fingerprint density at radius 2 is 0.878 bits per heavy atom. The van der Waals surface area contributed by atoms with Gasteiger partial charge in [0.05, 0.1) is 6.61 Å². The van der Waals surface area contributed by atoms with Gasteiger partial charge >= 0.3 is 19.8 Å². The lowest BCUT2D eigenvalue weighted by Gasteiger charge is -2.18. The second-order valence-electron chi connectivity index (χ2n) is 11.5. The lowest BCUT2D eigenvalue weighted by atomic mass is 10.0. The first-order valence-electron chi connectivity index (χ1n) is 16.8. The molecule has 0 rings (SSSR count). The second-order valence-corrected chi connectivity index (χ2v) is 12.7. The van der Waals surface area contributed by atoms with E-state index in [2.05, 4.69) is 18.4 Å². The van der Waals surface area contributed by atoms with Crippen LogP contribution in [0.1, 0.15) is 174 Å². The number of unbranched alkanes of at least 4 members (excludes halogenated alkanes) is 21. The van der Waals surface area contributed by atoms with Crippen molar-refractivity contribution in [3.8, 4) is 0 Å². The van der Waals surface area contributed by atoms with Gasteiger partial charge in [-0.3, -0.25) is 14.1 Å². The van der Waals surface area contributed by atoms with Crippen molar-refractivity contribution in [3.63, 3.8) is 0 Å². The third-order valence-corrected chi connectivity index (χ3v) is 7.86. The fourth-order valence-electron chi connectivity index (χ4n) is 4.84. The van der Waals surface area contributed by atoms with Crippen LogP contribution < -0.4 is 0 Å². The maximum absolute atomic E-state index is 12.3. The van der Waals surface area contributed by atoms with Crippen molar-refractivity contribution in [2.45, 2.75) is 180 Å². The standard InChI is InChI=1S/C32H63O8P/c1-3-5-7-9-11-13-14-15-16-17-18-19-21-23-25-27-32(34)40-30(29-39-41(35,36)37)28-38-31(33)26-24-22-20-12-10-8-6-4-2/h30H,3-29H2,1-2H3,(H2,35,36,37)/t30-/m1/s1. The summed E-state index contributed by atoms with van der Waals surface area (Å²) in [4.78, 5) is 42.4. The topological polar surface area (TPSA) is 119 Å². The highest BCUT2D eigenvalue weighted by molar-refractivity contribution is 7.46. The van der Waals surface area contributed by atoms with Gasteiger partial charge in [-0.1, -0.05) is 149 Å². The molecule has 0 saturated carbocycles. The molecule has 2 N–H and O–H groups in total. The number of phosphoric ester groups is 1. The van der Waals surface area contributed by atoms with E-state index in [1.165, 1.54) is 109 Å². The van der Waals surface area contributed by atoms with Gasteiger partial charge in [-0.05, 0) is 12.8 Å². The molecule has 0 heterocycles. The summed E-state index contributed by atoms with van der Waals surface area (Å²) in [5.41, 5.74) is 0. The van der Waals surface area contributed by atoms with Gasteiger partial charge in [-0.25, -0.2) is 4.57 Å². The average molecular weight is 607 g/mol. The lowest BCUT2D eigenvalue weighted by Crippen LogP contribution is -2.29. The van der Waals surface area contributed by atoms with Crippen LogP contribution in [0.5, 0.6) is 0 Å². The van der Waals surface area contributed by atoms with E-state index in [-0.39, 0.29) is 19.4 Å². The second kappa shape index (κ2) is 29.1. The number of ether oxygens (including phenoxy) is 2. The molecular weight excluding hydrogens is 543 g/mol. The number of carbonyl (C=O) groups excluding carboxylic acids is 2. The maximum Gasteiger partial charge on any atom is 0.469 e. The predicted molar refractivity (Wildman–Crippen MR) is 166 cm³/mol. The molecular formula is C32H63O8P. The Bertz CT molecular complexity index is 652. The molecule has 0 aliphatic rings. The molecule has 244 valence electrons. The van der Waals surface area contributed by atoms with Crippen LogP contribution in [0, 0.1) is 0 Å². The van der Waals surface area contributed by atoms with E-state index < -0.39 is 32.5 Å². The Labute approximate surface area is 251 Å². The normalized spacial score (nSPS) is 12.4. The van der Waals surface area contributed by atoms with Crippen molar-refractivity contribution in [3.05, 3.63) is 0 Å². The minimum absolute atomic E-state index is 0.219. The van der Waals surface area contributed by atoms with Gasteiger partial charge < -0.3 is 19.3 Å². The zero-order valence-electron chi connectivity index (χ0n) is 26.5. The molecule has 0 aromatic carbocycles. The summed E-state index contributed by atoms with van der Waals surface area (Å²) in [6.07, 6.45) is 26.9. The van der Waals surface area contributed by atoms with Crippen LogP contribution in [0.3, 0.4) is 0 Å². The van der Waals surface area contributed by atoms with Crippen LogP contribution in [0.25, 0.3) is 0 Å². The fourth-order valence-corrected chi connectivity index (χ4v) is 5.20. The van der Waals surface area contributed by atoms with E-state index >= 15 is 0 Å². The number of hydrogen-bond donors (Lipinski definition) is 2. The molecule has 0 radical (unpaired) electrons. The van der Waals surface area contributed by atoms with Gasteiger partial charge in [0.2, 0.25) is 0 Å². The van der Waals surface area contributed by atoms with E-state index in [4.69, 9.17) is 19.3 Å². The van der Waals surface area contributed by atoms with E-state index in [0.29, 0.717) is 6.42 Å². The molecule has 0 aliphatic carbocycles. The van der Waals surface area contributed by atoms with Crippen molar-refractivity contribution in [1.29, 1.82) is 0 Å². The number of hydrogen-bond acceptors (Lipinski definition) is 6. The van der Waals surface area contributed by atoms with Gasteiger partial charge in [0, 0.05) is 12.8 Å². The first-order chi connectivity index (χ1) is 19.8. The summed E-state index contributed by atoms with van der Waals surface area (Å²) < 4.78 is 26.1. The monoisotopic (exact) mass is 606 g/mol. The van der Waals surface area contributed by atoms with Gasteiger partial charge in [0.25, 0.3) is 0 Å². The summed E-state index contributed by atoms with van der Waals surface area (Å²) >= 11 is 0. The highest BCUT2D eigenvalue weighted by Gasteiger charge is 2.22. The van der Waals surface area contributed by atoms with Gasteiger partial charge in [-0.2, -0.15) is 0 Å². The quantitative estimate of drug-likeness (QED) is 0.0455. The van der Waals surface area contributed by atoms with E-state index in [1.807, 2.05) is 0 Å². The zero-order valence-corrected chi connectivity index (χ0v) is 27.4. The molecule has 0 fully saturated rings. The summed E-state index contributed by atoms with van der Waals surface area (Å²) in [7, 11) is -4.73. The third kappa shape index (κ3) is 31.8. The molecule has 0 saturated heterocycles. The molecule has 0 unspecified atom stereocenters. The number of carbonyl (C=O) groups is 2. The van der Waals surface area contributed by atoms with E-state index in [0.717, 1.165) is 32.1 Å². The molecule has 0 aromatic rings. The third-order valence-electron chi connectivity index (χ3n) is 7.38. The molecule has 0 bridgehead atoms. The van der Waals surface area contributed by atoms with Crippen molar-refractivity contribution >= 4 is 19.8 Å². The van der Waals surface area contributed by atoms with Crippen molar-refractivity contribution in [2.75, 3.05) is 13.2 Å². The Morgan fingerprint density at radius 1 is 0.537 bits per heavy atom. The highest BCUT2D eigenvalue weighted by atomic mass is 31.2. The van der Waals surface area contributed by atoms with Crippen LogP contribution in [0.15, 0.2) is 0 Å². The molecule has 9 heteroatoms. The Kier molecular flexibility index (Phi) is 28.5. The molecule has 0 amide bonds. The number of esters is 2. The van der Waals surface area contributed by atoms with Gasteiger partial charge in [0.15, 0.2) is 6.10 Å². The van der Waals surface area contributed by atoms with Crippen molar-refractivity contribution in [1.82, 2.24) is 0 Å². The number of phosphoric acid groups is 1. The molecule has 8 nitrogen and oxygen atoms in total. The Hall–Kier alpha value is -0.950. The van der Waals surface area contributed by atoms with Gasteiger partial charge in [-0.15, -0.1) is 0 Å². The molecule has 0 aliphatic heterocycles. The summed E-state index contributed by atoms with van der Waals surface area (Å²) in [5, 5.41) is 0. The Morgan fingerprint density at radius 3 is 1.24 bits per heavy atom. The first kappa shape index (κ1) is 40.1. The largest absolute Gasteiger partial charge is 0.469 e. The predicted octanol–water partition coefficient (Wildman–Crippen LogP) is 9.34. The SMILES string of the molecule is CCCCCCCCCCCCCCCCCC(=O)O[C@H](COC(=O)CCCCCCCCCC)COP(=O)(O)O. The van der Waals surface area contributed by atoms with Crippen LogP contribution in [0.4, 0.5) is 0 Å². The minimum atomic E-state index is -4.73. The molecule has 0 aromatic heterocycles. The lowest BCUT2D eigenvalue weighted by molar-refractivity contribution is -0.161. The van der Waals surface area contributed by atoms with Crippen LogP contribution in [0.2, 0.25) is 0 Å². The maximum atomic E-state index is 12.3. The van der Waals surface area contributed by atoms with Crippen molar-refractivity contribution < 1.29 is 37.9 Å². The van der Waals surface area contributed by atoms with Crippen molar-refractivity contribution in [2.24, 2.45) is 0 Å². The zero-order chi connectivity index (χ0) is 30.4. The van der Waals surface area contributed by atoms with Crippen LogP contribution in [-0.4, -0.2) is 41.0 Å². The Balaban J connectivity index is 3.94. The van der Waals surface area contributed by atoms with E-state index in [1.54, 1.807) is 0 Å². The number of rotatable bonds is 31. The van der Waals surface area contributed by atoms with Gasteiger partial charge in [0.1, 0.15) is 6.61 Å². The summed E-state index contributed by atoms with van der Waals surface area (Å²) in [6, 6.07) is 0. The van der Waals surface area contributed by atoms with Crippen LogP contribution in [-0.2, 0) is 28.2 Å². The molecule has 0 spiro atoms. The smallest absolute Gasteiger partial charge is 0.462 e. The fraction of sp³-hybridized carbons (Fsp3) is 0.938. The van der Waals surface area contributed by atoms with E-state index in [9.17, 15) is 14.2 Å². The summed E-state index contributed by atoms with van der Waals surface area (Å²) in [5.74, 6) is -0.881. The average Bonchev–Trinajstić information content (AvgIpc) is 2.93. The molecule has 41 heavy (non-hydrogen) atoms.